The number of hydrogen-bond acceptors (Lipinski definition) is 3. The first-order valence-electron chi connectivity index (χ1n) is 5.37. The molecule has 1 aromatic carbocycles. The van der Waals surface area contributed by atoms with Crippen LogP contribution in [0, 0.1) is 17.2 Å². The van der Waals surface area contributed by atoms with Gasteiger partial charge in [0.1, 0.15) is 6.07 Å². The minimum atomic E-state index is -0.355. The van der Waals surface area contributed by atoms with Gasteiger partial charge in [0.05, 0.1) is 16.5 Å². The number of hydrogen-bond donors (Lipinski definition) is 2. The standard InChI is InChI=1S/C12H10ClN3O2/c13-10-4-9(2-1-7(10)5-14)16-12(18)8-3-11(17)15-6-8/h1-2,4,8H,3,6H2,(H,15,17)(H,16,18). The molecule has 1 atom stereocenters. The largest absolute Gasteiger partial charge is 0.355 e. The molecule has 1 aliphatic heterocycles. The Morgan fingerprint density at radius 2 is 2.33 bits per heavy atom. The van der Waals surface area contributed by atoms with Crippen molar-refractivity contribution in [2.45, 2.75) is 6.42 Å². The van der Waals surface area contributed by atoms with Crippen molar-refractivity contribution >= 4 is 29.1 Å². The van der Waals surface area contributed by atoms with Crippen molar-refractivity contribution in [3.8, 4) is 6.07 Å². The molecule has 2 amide bonds. The van der Waals surface area contributed by atoms with Gasteiger partial charge in [-0.3, -0.25) is 9.59 Å². The van der Waals surface area contributed by atoms with Crippen LogP contribution in [0.3, 0.4) is 0 Å². The molecule has 1 heterocycles. The van der Waals surface area contributed by atoms with E-state index in [1.807, 2.05) is 6.07 Å². The minimum absolute atomic E-state index is 0.118. The molecule has 1 aromatic rings. The lowest BCUT2D eigenvalue weighted by Crippen LogP contribution is -2.24. The van der Waals surface area contributed by atoms with Crippen molar-refractivity contribution in [3.05, 3.63) is 28.8 Å². The Kier molecular flexibility index (Phi) is 3.49. The Morgan fingerprint density at radius 1 is 1.56 bits per heavy atom. The number of nitriles is 1. The molecular weight excluding hydrogens is 254 g/mol. The van der Waals surface area contributed by atoms with Gasteiger partial charge in [-0.1, -0.05) is 11.6 Å². The average molecular weight is 264 g/mol. The topological polar surface area (TPSA) is 82.0 Å². The van der Waals surface area contributed by atoms with Gasteiger partial charge in [-0.15, -0.1) is 0 Å². The fraction of sp³-hybridized carbons (Fsp3) is 0.250. The van der Waals surface area contributed by atoms with E-state index in [-0.39, 0.29) is 29.2 Å². The molecule has 18 heavy (non-hydrogen) atoms. The third-order valence-electron chi connectivity index (χ3n) is 2.71. The first-order chi connectivity index (χ1) is 8.60. The summed E-state index contributed by atoms with van der Waals surface area (Å²) in [7, 11) is 0. The van der Waals surface area contributed by atoms with Gasteiger partial charge >= 0.3 is 0 Å². The van der Waals surface area contributed by atoms with Crippen molar-refractivity contribution in [1.29, 1.82) is 5.26 Å². The highest BCUT2D eigenvalue weighted by molar-refractivity contribution is 6.32. The molecule has 5 nitrogen and oxygen atoms in total. The summed E-state index contributed by atoms with van der Waals surface area (Å²) >= 11 is 5.86. The molecule has 6 heteroatoms. The van der Waals surface area contributed by atoms with E-state index in [1.165, 1.54) is 12.1 Å². The number of anilines is 1. The summed E-state index contributed by atoms with van der Waals surface area (Å²) in [4.78, 5) is 22.8. The van der Waals surface area contributed by atoms with E-state index in [1.54, 1.807) is 6.07 Å². The molecule has 2 N–H and O–H groups in total. The van der Waals surface area contributed by atoms with Crippen LogP contribution in [0.15, 0.2) is 18.2 Å². The molecule has 0 saturated carbocycles. The van der Waals surface area contributed by atoms with Crippen LogP contribution in [0.4, 0.5) is 5.69 Å². The van der Waals surface area contributed by atoms with E-state index >= 15 is 0 Å². The van der Waals surface area contributed by atoms with Gasteiger partial charge in [0.25, 0.3) is 0 Å². The summed E-state index contributed by atoms with van der Waals surface area (Å²) in [5, 5.41) is 14.3. The third kappa shape index (κ3) is 2.60. The van der Waals surface area contributed by atoms with E-state index < -0.39 is 0 Å². The predicted octanol–water partition coefficient (Wildman–Crippen LogP) is 1.29. The maximum atomic E-state index is 11.8. The van der Waals surface area contributed by atoms with Crippen LogP contribution in [-0.2, 0) is 9.59 Å². The van der Waals surface area contributed by atoms with E-state index in [0.29, 0.717) is 17.8 Å². The lowest BCUT2D eigenvalue weighted by Gasteiger charge is -2.09. The molecule has 0 aromatic heterocycles. The average Bonchev–Trinajstić information content (AvgIpc) is 2.76. The van der Waals surface area contributed by atoms with E-state index in [0.717, 1.165) is 0 Å². The Labute approximate surface area is 109 Å². The number of halogens is 1. The SMILES string of the molecule is N#Cc1ccc(NC(=O)C2CNC(=O)C2)cc1Cl. The quantitative estimate of drug-likeness (QED) is 0.843. The van der Waals surface area contributed by atoms with E-state index in [9.17, 15) is 9.59 Å². The number of nitrogens with one attached hydrogen (secondary N) is 2. The maximum Gasteiger partial charge on any atom is 0.229 e. The van der Waals surface area contributed by atoms with Gasteiger partial charge in [0, 0.05) is 18.7 Å². The Morgan fingerprint density at radius 3 is 2.89 bits per heavy atom. The predicted molar refractivity (Wildman–Crippen MR) is 65.9 cm³/mol. The zero-order valence-electron chi connectivity index (χ0n) is 9.37. The third-order valence-corrected chi connectivity index (χ3v) is 3.02. The van der Waals surface area contributed by atoms with Gasteiger partial charge in [-0.05, 0) is 18.2 Å². The Hall–Kier alpha value is -2.06. The molecule has 0 aliphatic carbocycles. The van der Waals surface area contributed by atoms with Crippen LogP contribution in [0.5, 0.6) is 0 Å². The van der Waals surface area contributed by atoms with Gasteiger partial charge in [0.2, 0.25) is 11.8 Å². The number of nitrogens with zero attached hydrogens (tertiary/aromatic N) is 1. The highest BCUT2D eigenvalue weighted by Gasteiger charge is 2.27. The number of benzene rings is 1. The van der Waals surface area contributed by atoms with Crippen molar-refractivity contribution in [2.24, 2.45) is 5.92 Å². The summed E-state index contributed by atoms with van der Waals surface area (Å²) in [6.07, 6.45) is 0.204. The number of rotatable bonds is 2. The first-order valence-corrected chi connectivity index (χ1v) is 5.75. The molecule has 0 radical (unpaired) electrons. The van der Waals surface area contributed by atoms with E-state index in [4.69, 9.17) is 16.9 Å². The summed E-state index contributed by atoms with van der Waals surface area (Å²) in [5.74, 6) is -0.700. The second kappa shape index (κ2) is 5.07. The van der Waals surface area contributed by atoms with Gasteiger partial charge in [0.15, 0.2) is 0 Å². The van der Waals surface area contributed by atoms with Crippen LogP contribution < -0.4 is 10.6 Å². The summed E-state index contributed by atoms with van der Waals surface area (Å²) in [6.45, 7) is 0.356. The second-order valence-electron chi connectivity index (χ2n) is 4.00. The van der Waals surface area contributed by atoms with E-state index in [2.05, 4.69) is 10.6 Å². The molecular formula is C12H10ClN3O2. The molecule has 1 aliphatic rings. The number of amides is 2. The van der Waals surface area contributed by atoms with Crippen LogP contribution in [0.25, 0.3) is 0 Å². The zero-order chi connectivity index (χ0) is 13.1. The maximum absolute atomic E-state index is 11.8. The normalized spacial score (nSPS) is 18.0. The Bertz CT molecular complexity index is 551. The van der Waals surface area contributed by atoms with Crippen molar-refractivity contribution in [1.82, 2.24) is 5.32 Å². The molecule has 0 spiro atoms. The molecule has 0 bridgehead atoms. The smallest absolute Gasteiger partial charge is 0.229 e. The summed E-state index contributed by atoms with van der Waals surface area (Å²) in [5.41, 5.74) is 0.871. The highest BCUT2D eigenvalue weighted by atomic mass is 35.5. The molecule has 1 saturated heterocycles. The number of carbonyl (C=O) groups is 2. The van der Waals surface area contributed by atoms with Gasteiger partial charge in [-0.25, -0.2) is 0 Å². The first kappa shape index (κ1) is 12.4. The van der Waals surface area contributed by atoms with Crippen LogP contribution in [-0.4, -0.2) is 18.4 Å². The molecule has 2 rings (SSSR count). The lowest BCUT2D eigenvalue weighted by molar-refractivity contribution is -0.123. The van der Waals surface area contributed by atoms with Crippen LogP contribution in [0.2, 0.25) is 5.02 Å². The second-order valence-corrected chi connectivity index (χ2v) is 4.41. The zero-order valence-corrected chi connectivity index (χ0v) is 10.1. The van der Waals surface area contributed by atoms with Crippen molar-refractivity contribution < 1.29 is 9.59 Å². The van der Waals surface area contributed by atoms with Crippen LogP contribution in [0.1, 0.15) is 12.0 Å². The van der Waals surface area contributed by atoms with Crippen LogP contribution >= 0.6 is 11.6 Å². The fourth-order valence-corrected chi connectivity index (χ4v) is 1.94. The van der Waals surface area contributed by atoms with Gasteiger partial charge < -0.3 is 10.6 Å². The fourth-order valence-electron chi connectivity index (χ4n) is 1.72. The lowest BCUT2D eigenvalue weighted by atomic mass is 10.1. The highest BCUT2D eigenvalue weighted by Crippen LogP contribution is 2.21. The summed E-state index contributed by atoms with van der Waals surface area (Å²) < 4.78 is 0. The minimum Gasteiger partial charge on any atom is -0.355 e. The monoisotopic (exact) mass is 263 g/mol. The molecule has 1 unspecified atom stereocenters. The van der Waals surface area contributed by atoms with Gasteiger partial charge in [-0.2, -0.15) is 5.26 Å². The summed E-state index contributed by atoms with van der Waals surface area (Å²) in [6, 6.07) is 6.59. The van der Waals surface area contributed by atoms with Crippen molar-refractivity contribution in [2.75, 3.05) is 11.9 Å². The molecule has 1 fully saturated rings. The number of carbonyl (C=O) groups excluding carboxylic acids is 2. The Balaban J connectivity index is 2.06. The van der Waals surface area contributed by atoms with Crippen molar-refractivity contribution in [3.63, 3.8) is 0 Å². The molecule has 92 valence electrons.